The van der Waals surface area contributed by atoms with Crippen molar-refractivity contribution in [1.82, 2.24) is 4.98 Å². The van der Waals surface area contributed by atoms with Crippen LogP contribution in [0.3, 0.4) is 0 Å². The smallest absolute Gasteiger partial charge is 0.337 e. The van der Waals surface area contributed by atoms with Crippen LogP contribution in [0, 0.1) is 0 Å². The van der Waals surface area contributed by atoms with E-state index in [1.807, 2.05) is 0 Å². The number of aromatic carboxylic acids is 1. The number of pyridine rings is 1. The van der Waals surface area contributed by atoms with Gasteiger partial charge in [-0.25, -0.2) is 4.79 Å². The van der Waals surface area contributed by atoms with E-state index in [2.05, 4.69) is 42.3 Å². The van der Waals surface area contributed by atoms with Gasteiger partial charge in [-0.1, -0.05) is 32.0 Å². The number of anilines is 1. The van der Waals surface area contributed by atoms with Gasteiger partial charge in [0.25, 0.3) is 0 Å². The lowest BCUT2D eigenvalue weighted by molar-refractivity contribution is 0.0696. The lowest BCUT2D eigenvalue weighted by Crippen LogP contribution is -2.07. The minimum atomic E-state index is -0.952. The van der Waals surface area contributed by atoms with Gasteiger partial charge in [0, 0.05) is 11.9 Å². The van der Waals surface area contributed by atoms with Crippen LogP contribution in [0.15, 0.2) is 36.5 Å². The van der Waals surface area contributed by atoms with Crippen LogP contribution in [0.2, 0.25) is 0 Å². The van der Waals surface area contributed by atoms with Gasteiger partial charge in [0.2, 0.25) is 0 Å². The van der Waals surface area contributed by atoms with E-state index in [9.17, 15) is 4.79 Å². The van der Waals surface area contributed by atoms with Crippen LogP contribution in [0.1, 0.15) is 41.0 Å². The monoisotopic (exact) mass is 284 g/mol. The third-order valence-electron chi connectivity index (χ3n) is 3.52. The maximum Gasteiger partial charge on any atom is 0.337 e. The molecule has 1 aromatic carbocycles. The Labute approximate surface area is 124 Å². The van der Waals surface area contributed by atoms with E-state index < -0.39 is 5.97 Å². The Morgan fingerprint density at radius 1 is 1.14 bits per heavy atom. The second kappa shape index (κ2) is 6.88. The van der Waals surface area contributed by atoms with E-state index in [0.717, 1.165) is 18.5 Å². The molecule has 0 aliphatic heterocycles. The van der Waals surface area contributed by atoms with Gasteiger partial charge in [0.15, 0.2) is 0 Å². The van der Waals surface area contributed by atoms with Crippen molar-refractivity contribution < 1.29 is 9.90 Å². The number of aromatic nitrogens is 1. The summed E-state index contributed by atoms with van der Waals surface area (Å²) in [5.74, 6) is -0.952. The molecule has 0 radical (unpaired) electrons. The molecule has 0 aliphatic carbocycles. The molecule has 0 saturated carbocycles. The summed E-state index contributed by atoms with van der Waals surface area (Å²) in [4.78, 5) is 15.0. The Bertz CT molecular complexity index is 599. The fourth-order valence-corrected chi connectivity index (χ4v) is 2.30. The number of aryl methyl sites for hydroxylation is 2. The van der Waals surface area contributed by atoms with Crippen molar-refractivity contribution in [3.8, 4) is 0 Å². The van der Waals surface area contributed by atoms with Crippen LogP contribution >= 0.6 is 0 Å². The summed E-state index contributed by atoms with van der Waals surface area (Å²) in [5, 5.41) is 12.3. The largest absolute Gasteiger partial charge is 0.478 e. The normalized spacial score (nSPS) is 10.4. The maximum atomic E-state index is 10.8. The summed E-state index contributed by atoms with van der Waals surface area (Å²) in [5.41, 5.74) is 4.79. The van der Waals surface area contributed by atoms with Gasteiger partial charge in [-0.2, -0.15) is 0 Å². The maximum absolute atomic E-state index is 10.8. The Hall–Kier alpha value is -2.36. The topological polar surface area (TPSA) is 62.2 Å². The Morgan fingerprint density at radius 2 is 1.81 bits per heavy atom. The number of carboxylic acid groups (broad SMARTS) is 1. The highest BCUT2D eigenvalue weighted by molar-refractivity contribution is 5.87. The van der Waals surface area contributed by atoms with Crippen LogP contribution in [0.4, 0.5) is 5.69 Å². The van der Waals surface area contributed by atoms with E-state index in [-0.39, 0.29) is 5.56 Å². The van der Waals surface area contributed by atoms with Crippen LogP contribution in [-0.4, -0.2) is 16.1 Å². The Kier molecular flexibility index (Phi) is 4.93. The molecule has 0 atom stereocenters. The van der Waals surface area contributed by atoms with Crippen molar-refractivity contribution in [3.05, 3.63) is 58.9 Å². The molecule has 1 aromatic heterocycles. The molecule has 0 amide bonds. The number of rotatable bonds is 6. The van der Waals surface area contributed by atoms with Gasteiger partial charge in [-0.05, 0) is 36.1 Å². The molecule has 21 heavy (non-hydrogen) atoms. The van der Waals surface area contributed by atoms with Crippen LogP contribution in [-0.2, 0) is 19.4 Å². The second-order valence-electron chi connectivity index (χ2n) is 4.86. The van der Waals surface area contributed by atoms with Crippen molar-refractivity contribution in [2.24, 2.45) is 0 Å². The number of para-hydroxylation sites is 1. The molecule has 0 aliphatic rings. The molecule has 1 heterocycles. The average molecular weight is 284 g/mol. The highest BCUT2D eigenvalue weighted by Gasteiger charge is 2.07. The third kappa shape index (κ3) is 3.60. The lowest BCUT2D eigenvalue weighted by atomic mass is 10.0. The summed E-state index contributed by atoms with van der Waals surface area (Å²) >= 11 is 0. The van der Waals surface area contributed by atoms with Crippen molar-refractivity contribution in [2.45, 2.75) is 33.2 Å². The molecule has 4 heteroatoms. The second-order valence-corrected chi connectivity index (χ2v) is 4.86. The highest BCUT2D eigenvalue weighted by atomic mass is 16.4. The van der Waals surface area contributed by atoms with Gasteiger partial charge in [-0.15, -0.1) is 0 Å². The first-order valence-corrected chi connectivity index (χ1v) is 7.18. The predicted molar refractivity (Wildman–Crippen MR) is 83.7 cm³/mol. The number of nitrogens with one attached hydrogen (secondary N) is 1. The molecule has 4 nitrogen and oxygen atoms in total. The minimum absolute atomic E-state index is 0.210. The summed E-state index contributed by atoms with van der Waals surface area (Å²) in [7, 11) is 0. The standard InChI is InChI=1S/C17H20N2O2/c1-3-12-6-5-7-13(4-2)16(12)19-11-15-9-8-14(10-18-15)17(20)21/h5-10,19H,3-4,11H2,1-2H3,(H,20,21). The van der Waals surface area contributed by atoms with E-state index in [4.69, 9.17) is 5.11 Å². The van der Waals surface area contributed by atoms with E-state index >= 15 is 0 Å². The number of hydrogen-bond donors (Lipinski definition) is 2. The zero-order valence-electron chi connectivity index (χ0n) is 12.4. The van der Waals surface area contributed by atoms with E-state index in [1.54, 1.807) is 12.1 Å². The highest BCUT2D eigenvalue weighted by Crippen LogP contribution is 2.23. The number of carbonyl (C=O) groups is 1. The van der Waals surface area contributed by atoms with Crippen LogP contribution in [0.25, 0.3) is 0 Å². The SMILES string of the molecule is CCc1cccc(CC)c1NCc1ccc(C(=O)O)cn1. The Balaban J connectivity index is 2.14. The van der Waals surface area contributed by atoms with E-state index in [0.29, 0.717) is 6.54 Å². The first-order chi connectivity index (χ1) is 10.2. The third-order valence-corrected chi connectivity index (χ3v) is 3.52. The molecule has 0 bridgehead atoms. The zero-order chi connectivity index (χ0) is 15.2. The molecular weight excluding hydrogens is 264 g/mol. The first-order valence-electron chi connectivity index (χ1n) is 7.18. The number of benzene rings is 1. The van der Waals surface area contributed by atoms with Crippen molar-refractivity contribution in [1.29, 1.82) is 0 Å². The predicted octanol–water partition coefficient (Wildman–Crippen LogP) is 3.52. The molecule has 0 saturated heterocycles. The van der Waals surface area contributed by atoms with Gasteiger partial charge in [0.05, 0.1) is 17.8 Å². The van der Waals surface area contributed by atoms with Crippen molar-refractivity contribution >= 4 is 11.7 Å². The van der Waals surface area contributed by atoms with E-state index in [1.165, 1.54) is 23.0 Å². The molecule has 2 N–H and O–H groups in total. The Morgan fingerprint density at radius 3 is 2.29 bits per heavy atom. The van der Waals surface area contributed by atoms with Gasteiger partial charge in [-0.3, -0.25) is 4.98 Å². The first kappa shape index (κ1) is 15.0. The van der Waals surface area contributed by atoms with Crippen molar-refractivity contribution in [3.63, 3.8) is 0 Å². The van der Waals surface area contributed by atoms with Crippen LogP contribution in [0.5, 0.6) is 0 Å². The molecule has 110 valence electrons. The number of nitrogens with zero attached hydrogens (tertiary/aromatic N) is 1. The quantitative estimate of drug-likeness (QED) is 0.852. The molecule has 2 aromatic rings. The molecule has 0 unspecified atom stereocenters. The minimum Gasteiger partial charge on any atom is -0.478 e. The molecule has 2 rings (SSSR count). The summed E-state index contributed by atoms with van der Waals surface area (Å²) in [6.07, 6.45) is 3.34. The molecule has 0 spiro atoms. The average Bonchev–Trinajstić information content (AvgIpc) is 2.52. The fraction of sp³-hybridized carbons (Fsp3) is 0.294. The summed E-state index contributed by atoms with van der Waals surface area (Å²) in [6.45, 7) is 4.86. The fourth-order valence-electron chi connectivity index (χ4n) is 2.30. The number of carboxylic acids is 1. The van der Waals surface area contributed by atoms with Crippen molar-refractivity contribution in [2.75, 3.05) is 5.32 Å². The number of hydrogen-bond acceptors (Lipinski definition) is 3. The molecular formula is C17H20N2O2. The molecule has 0 fully saturated rings. The summed E-state index contributed by atoms with van der Waals surface area (Å²) in [6, 6.07) is 9.67. The summed E-state index contributed by atoms with van der Waals surface area (Å²) < 4.78 is 0. The lowest BCUT2D eigenvalue weighted by Gasteiger charge is -2.15. The van der Waals surface area contributed by atoms with Gasteiger partial charge in [0.1, 0.15) is 0 Å². The van der Waals surface area contributed by atoms with Crippen LogP contribution < -0.4 is 5.32 Å². The van der Waals surface area contributed by atoms with Gasteiger partial charge >= 0.3 is 5.97 Å². The zero-order valence-corrected chi connectivity index (χ0v) is 12.4. The van der Waals surface area contributed by atoms with Gasteiger partial charge < -0.3 is 10.4 Å².